The monoisotopic (exact) mass is 358 g/mol. The van der Waals surface area contributed by atoms with Crippen LogP contribution in [-0.4, -0.2) is 60.0 Å². The maximum atomic E-state index is 12.3. The smallest absolute Gasteiger partial charge is 0.328 e. The summed E-state index contributed by atoms with van der Waals surface area (Å²) in [5, 5.41) is 20.5. The lowest BCUT2D eigenvalue weighted by Crippen LogP contribution is -2.47. The van der Waals surface area contributed by atoms with E-state index in [4.69, 9.17) is 5.11 Å². The van der Waals surface area contributed by atoms with Crippen LogP contribution in [-0.2, 0) is 14.8 Å². The number of hydrogen-bond acceptors (Lipinski definition) is 5. The van der Waals surface area contributed by atoms with Crippen LogP contribution in [0.15, 0.2) is 29.2 Å². The summed E-state index contributed by atoms with van der Waals surface area (Å²) in [5.41, 5.74) is 0.0976. The van der Waals surface area contributed by atoms with E-state index in [9.17, 15) is 23.1 Å². The Balaban J connectivity index is 2.99. The standard InChI is InChI=1S/C15H22N2O6S/c1-4-17(5-2)24(22,23)12-8-6-11(7-9-12)14(19)16-13(10(3)18)15(20)21/h6-10,13,18H,4-5H2,1-3H3,(H,16,19)(H,20,21)/t10-,13-/m1/s1. The Morgan fingerprint density at radius 2 is 1.67 bits per heavy atom. The van der Waals surface area contributed by atoms with Gasteiger partial charge in [-0.15, -0.1) is 0 Å². The first-order valence-electron chi connectivity index (χ1n) is 7.47. The van der Waals surface area contributed by atoms with Crippen LogP contribution in [0, 0.1) is 0 Å². The van der Waals surface area contributed by atoms with Crippen molar-refractivity contribution >= 4 is 21.9 Å². The molecule has 0 bridgehead atoms. The minimum absolute atomic E-state index is 0.0491. The molecular weight excluding hydrogens is 336 g/mol. The van der Waals surface area contributed by atoms with Crippen molar-refractivity contribution in [3.63, 3.8) is 0 Å². The molecule has 0 saturated carbocycles. The normalized spacial score (nSPS) is 14.2. The van der Waals surface area contributed by atoms with E-state index in [-0.39, 0.29) is 10.5 Å². The van der Waals surface area contributed by atoms with Crippen molar-refractivity contribution in [1.82, 2.24) is 9.62 Å². The van der Waals surface area contributed by atoms with Crippen molar-refractivity contribution in [2.45, 2.75) is 37.8 Å². The summed E-state index contributed by atoms with van der Waals surface area (Å²) in [6, 6.07) is 3.73. The van der Waals surface area contributed by atoms with Crippen molar-refractivity contribution in [3.8, 4) is 0 Å². The van der Waals surface area contributed by atoms with Gasteiger partial charge < -0.3 is 15.5 Å². The number of carboxylic acid groups (broad SMARTS) is 1. The Hall–Kier alpha value is -1.97. The van der Waals surface area contributed by atoms with Crippen molar-refractivity contribution in [1.29, 1.82) is 0 Å². The van der Waals surface area contributed by atoms with Gasteiger partial charge in [0.1, 0.15) is 0 Å². The number of aliphatic carboxylic acids is 1. The highest BCUT2D eigenvalue weighted by molar-refractivity contribution is 7.89. The van der Waals surface area contributed by atoms with E-state index < -0.39 is 34.0 Å². The molecule has 0 spiro atoms. The fourth-order valence-electron chi connectivity index (χ4n) is 2.10. The summed E-state index contributed by atoms with van der Waals surface area (Å²) in [6.45, 7) is 5.36. The van der Waals surface area contributed by atoms with Crippen LogP contribution in [0.1, 0.15) is 31.1 Å². The quantitative estimate of drug-likeness (QED) is 0.613. The molecule has 134 valence electrons. The van der Waals surface area contributed by atoms with Gasteiger partial charge in [-0.25, -0.2) is 13.2 Å². The molecule has 0 heterocycles. The average Bonchev–Trinajstić information content (AvgIpc) is 2.52. The number of carbonyl (C=O) groups excluding carboxylic acids is 1. The zero-order chi connectivity index (χ0) is 18.5. The van der Waals surface area contributed by atoms with E-state index in [1.165, 1.54) is 35.5 Å². The predicted octanol–water partition coefficient (Wildman–Crippen LogP) is 0.281. The summed E-state index contributed by atoms with van der Waals surface area (Å²) in [7, 11) is -3.63. The van der Waals surface area contributed by atoms with E-state index in [2.05, 4.69) is 5.32 Å². The van der Waals surface area contributed by atoms with Gasteiger partial charge in [-0.2, -0.15) is 4.31 Å². The third-order valence-electron chi connectivity index (χ3n) is 3.49. The van der Waals surface area contributed by atoms with Gasteiger partial charge in [0, 0.05) is 18.7 Å². The molecule has 0 saturated heterocycles. The second-order valence-corrected chi connectivity index (χ2v) is 7.08. The van der Waals surface area contributed by atoms with Crippen LogP contribution in [0.25, 0.3) is 0 Å². The largest absolute Gasteiger partial charge is 0.480 e. The minimum Gasteiger partial charge on any atom is -0.480 e. The van der Waals surface area contributed by atoms with Crippen LogP contribution in [0.3, 0.4) is 0 Å². The van der Waals surface area contributed by atoms with Gasteiger partial charge in [0.05, 0.1) is 11.0 Å². The van der Waals surface area contributed by atoms with Crippen LogP contribution >= 0.6 is 0 Å². The number of nitrogens with one attached hydrogen (secondary N) is 1. The van der Waals surface area contributed by atoms with E-state index >= 15 is 0 Å². The molecule has 0 fully saturated rings. The summed E-state index contributed by atoms with van der Waals surface area (Å²) >= 11 is 0. The van der Waals surface area contributed by atoms with Gasteiger partial charge in [0.2, 0.25) is 10.0 Å². The Kier molecular flexibility index (Phi) is 6.88. The lowest BCUT2D eigenvalue weighted by Gasteiger charge is -2.19. The topological polar surface area (TPSA) is 124 Å². The average molecular weight is 358 g/mol. The Bertz CT molecular complexity index is 680. The number of rotatable bonds is 8. The number of carbonyl (C=O) groups is 2. The summed E-state index contributed by atoms with van der Waals surface area (Å²) < 4.78 is 26.0. The summed E-state index contributed by atoms with van der Waals surface area (Å²) in [5.74, 6) is -2.07. The maximum Gasteiger partial charge on any atom is 0.328 e. The number of aliphatic hydroxyl groups is 1. The number of benzene rings is 1. The Labute approximate surface area is 141 Å². The number of amides is 1. The lowest BCUT2D eigenvalue weighted by molar-refractivity contribution is -0.141. The Morgan fingerprint density at radius 1 is 1.17 bits per heavy atom. The number of aliphatic hydroxyl groups excluding tert-OH is 1. The van der Waals surface area contributed by atoms with Crippen LogP contribution in [0.2, 0.25) is 0 Å². The van der Waals surface area contributed by atoms with Gasteiger partial charge in [0.15, 0.2) is 6.04 Å². The number of hydrogen-bond donors (Lipinski definition) is 3. The molecule has 0 radical (unpaired) electrons. The molecule has 1 rings (SSSR count). The van der Waals surface area contributed by atoms with Gasteiger partial charge in [-0.1, -0.05) is 13.8 Å². The zero-order valence-electron chi connectivity index (χ0n) is 13.8. The van der Waals surface area contributed by atoms with E-state index in [1.807, 2.05) is 0 Å². The van der Waals surface area contributed by atoms with Crippen molar-refractivity contribution in [3.05, 3.63) is 29.8 Å². The highest BCUT2D eigenvalue weighted by Crippen LogP contribution is 2.16. The number of nitrogens with zero attached hydrogens (tertiary/aromatic N) is 1. The zero-order valence-corrected chi connectivity index (χ0v) is 14.6. The van der Waals surface area contributed by atoms with Gasteiger partial charge in [-0.05, 0) is 31.2 Å². The number of sulfonamides is 1. The molecule has 9 heteroatoms. The fourth-order valence-corrected chi connectivity index (χ4v) is 3.56. The van der Waals surface area contributed by atoms with Crippen LogP contribution in [0.4, 0.5) is 0 Å². The highest BCUT2D eigenvalue weighted by atomic mass is 32.2. The van der Waals surface area contributed by atoms with E-state index in [1.54, 1.807) is 13.8 Å². The summed E-state index contributed by atoms with van der Waals surface area (Å²) in [6.07, 6.45) is -1.27. The Morgan fingerprint density at radius 3 is 2.04 bits per heavy atom. The van der Waals surface area contributed by atoms with Crippen LogP contribution < -0.4 is 5.32 Å². The molecule has 8 nitrogen and oxygen atoms in total. The van der Waals surface area contributed by atoms with Gasteiger partial charge >= 0.3 is 5.97 Å². The molecule has 2 atom stereocenters. The van der Waals surface area contributed by atoms with Gasteiger partial charge in [0.25, 0.3) is 5.91 Å². The third kappa shape index (κ3) is 4.53. The minimum atomic E-state index is -3.63. The first-order chi connectivity index (χ1) is 11.1. The molecule has 1 aromatic rings. The van der Waals surface area contributed by atoms with Crippen LogP contribution in [0.5, 0.6) is 0 Å². The van der Waals surface area contributed by atoms with E-state index in [0.29, 0.717) is 13.1 Å². The molecule has 1 amide bonds. The summed E-state index contributed by atoms with van der Waals surface area (Å²) in [4.78, 5) is 23.0. The second kappa shape index (κ2) is 8.22. The van der Waals surface area contributed by atoms with E-state index in [0.717, 1.165) is 0 Å². The fraction of sp³-hybridized carbons (Fsp3) is 0.467. The molecule has 0 aromatic heterocycles. The predicted molar refractivity (Wildman–Crippen MR) is 87.1 cm³/mol. The molecule has 24 heavy (non-hydrogen) atoms. The lowest BCUT2D eigenvalue weighted by atomic mass is 10.1. The second-order valence-electron chi connectivity index (χ2n) is 5.14. The number of carboxylic acids is 1. The first-order valence-corrected chi connectivity index (χ1v) is 8.91. The third-order valence-corrected chi connectivity index (χ3v) is 5.56. The van der Waals surface area contributed by atoms with Crippen molar-refractivity contribution < 1.29 is 28.2 Å². The molecule has 0 unspecified atom stereocenters. The van der Waals surface area contributed by atoms with Crippen molar-refractivity contribution in [2.75, 3.05) is 13.1 Å². The molecule has 0 aliphatic carbocycles. The van der Waals surface area contributed by atoms with Crippen molar-refractivity contribution in [2.24, 2.45) is 0 Å². The maximum absolute atomic E-state index is 12.3. The molecule has 3 N–H and O–H groups in total. The molecule has 0 aliphatic rings. The molecular formula is C15H22N2O6S. The SMILES string of the molecule is CCN(CC)S(=O)(=O)c1ccc(C(=O)N[C@@H](C(=O)O)[C@@H](C)O)cc1. The molecule has 0 aliphatic heterocycles. The first kappa shape index (κ1) is 20.1. The van der Waals surface area contributed by atoms with Gasteiger partial charge in [-0.3, -0.25) is 4.79 Å². The highest BCUT2D eigenvalue weighted by Gasteiger charge is 2.26. The molecule has 1 aromatic carbocycles.